The smallest absolute Gasteiger partial charge is 0.220 e. The minimum Gasteiger partial charge on any atom is -0.497 e. The number of methoxy groups -OCH3 is 3. The molecule has 0 spiro atoms. The predicted octanol–water partition coefficient (Wildman–Crippen LogP) is 4.16. The highest BCUT2D eigenvalue weighted by Crippen LogP contribution is 2.26. The second-order valence-corrected chi connectivity index (χ2v) is 8.19. The molecule has 1 aliphatic rings. The molecule has 2 aromatic carbocycles. The van der Waals surface area contributed by atoms with Crippen molar-refractivity contribution in [2.75, 3.05) is 34.4 Å². The number of ether oxygens (including phenoxy) is 3. The van der Waals surface area contributed by atoms with Crippen LogP contribution in [0.15, 0.2) is 36.4 Å². The Kier molecular flexibility index (Phi) is 8.73. The van der Waals surface area contributed by atoms with Gasteiger partial charge in [-0.3, -0.25) is 9.69 Å². The maximum atomic E-state index is 14.3. The summed E-state index contributed by atoms with van der Waals surface area (Å²) >= 11 is 0. The van der Waals surface area contributed by atoms with Crippen molar-refractivity contribution < 1.29 is 23.4 Å². The van der Waals surface area contributed by atoms with Crippen molar-refractivity contribution in [1.29, 1.82) is 0 Å². The van der Waals surface area contributed by atoms with E-state index in [1.807, 2.05) is 18.2 Å². The van der Waals surface area contributed by atoms with Gasteiger partial charge in [0, 0.05) is 49.3 Å². The molecule has 1 atom stereocenters. The van der Waals surface area contributed by atoms with Gasteiger partial charge in [-0.1, -0.05) is 6.07 Å². The summed E-state index contributed by atoms with van der Waals surface area (Å²) in [5.74, 6) is 2.17. The standard InChI is InChI=1S/C25H33FN2O4/c1-30-21-10-8-20(23(26)13-21)17-28-12-4-5-18(16-28)6-11-25(29)27-15-19-7-9-22(31-2)14-24(19)32-3/h7-10,13-14,18H,4-6,11-12,15-17H2,1-3H3,(H,27,29). The molecule has 2 aromatic rings. The summed E-state index contributed by atoms with van der Waals surface area (Å²) in [7, 11) is 4.75. The molecule has 0 radical (unpaired) electrons. The van der Waals surface area contributed by atoms with Crippen LogP contribution in [-0.2, 0) is 17.9 Å². The fraction of sp³-hybridized carbons (Fsp3) is 0.480. The van der Waals surface area contributed by atoms with Gasteiger partial charge in [0.25, 0.3) is 0 Å². The lowest BCUT2D eigenvalue weighted by molar-refractivity contribution is -0.121. The molecule has 3 rings (SSSR count). The molecule has 1 N–H and O–H groups in total. The highest BCUT2D eigenvalue weighted by Gasteiger charge is 2.21. The van der Waals surface area contributed by atoms with Crippen molar-refractivity contribution in [3.8, 4) is 17.2 Å². The number of hydrogen-bond acceptors (Lipinski definition) is 5. The van der Waals surface area contributed by atoms with Crippen molar-refractivity contribution in [1.82, 2.24) is 10.2 Å². The van der Waals surface area contributed by atoms with Crippen molar-refractivity contribution in [3.63, 3.8) is 0 Å². The molecule has 0 saturated carbocycles. The number of rotatable bonds is 10. The summed E-state index contributed by atoms with van der Waals surface area (Å²) in [4.78, 5) is 14.7. The van der Waals surface area contributed by atoms with E-state index in [-0.39, 0.29) is 11.7 Å². The number of nitrogens with one attached hydrogen (secondary N) is 1. The number of carbonyl (C=O) groups is 1. The van der Waals surface area contributed by atoms with Crippen LogP contribution in [0.1, 0.15) is 36.8 Å². The monoisotopic (exact) mass is 444 g/mol. The normalized spacial score (nSPS) is 16.4. The average molecular weight is 445 g/mol. The second kappa shape index (κ2) is 11.7. The second-order valence-electron chi connectivity index (χ2n) is 8.19. The molecule has 0 aromatic heterocycles. The minimum atomic E-state index is -0.236. The quantitative estimate of drug-likeness (QED) is 0.596. The SMILES string of the molecule is COc1ccc(CN2CCCC(CCC(=O)NCc3ccc(OC)cc3OC)C2)c(F)c1. The fourth-order valence-corrected chi connectivity index (χ4v) is 4.17. The molecule has 0 bridgehead atoms. The third-order valence-electron chi connectivity index (χ3n) is 6.01. The Labute approximate surface area is 189 Å². The van der Waals surface area contributed by atoms with Gasteiger partial charge in [0.05, 0.1) is 21.3 Å². The Hall–Kier alpha value is -2.80. The van der Waals surface area contributed by atoms with Crippen LogP contribution in [0.25, 0.3) is 0 Å². The summed E-state index contributed by atoms with van der Waals surface area (Å²) in [5.41, 5.74) is 1.59. The van der Waals surface area contributed by atoms with Crippen LogP contribution < -0.4 is 19.5 Å². The van der Waals surface area contributed by atoms with Gasteiger partial charge in [0.15, 0.2) is 0 Å². The Balaban J connectivity index is 1.45. The highest BCUT2D eigenvalue weighted by molar-refractivity contribution is 5.75. The summed E-state index contributed by atoms with van der Waals surface area (Å²) < 4.78 is 30.0. The molecule has 1 amide bonds. The van der Waals surface area contributed by atoms with Gasteiger partial charge in [-0.05, 0) is 49.9 Å². The topological polar surface area (TPSA) is 60.0 Å². The van der Waals surface area contributed by atoms with Crippen LogP contribution in [0.3, 0.4) is 0 Å². The van der Waals surface area contributed by atoms with Gasteiger partial charge in [-0.15, -0.1) is 0 Å². The van der Waals surface area contributed by atoms with Crippen LogP contribution in [0.2, 0.25) is 0 Å². The number of nitrogens with zero attached hydrogens (tertiary/aromatic N) is 1. The molecule has 6 nitrogen and oxygen atoms in total. The Bertz CT molecular complexity index is 906. The summed E-state index contributed by atoms with van der Waals surface area (Å²) in [5, 5.41) is 2.99. The predicted molar refractivity (Wildman–Crippen MR) is 122 cm³/mol. The Morgan fingerprint density at radius 1 is 1.06 bits per heavy atom. The van der Waals surface area contributed by atoms with Crippen LogP contribution in [0.4, 0.5) is 4.39 Å². The van der Waals surface area contributed by atoms with Gasteiger partial charge in [0.2, 0.25) is 5.91 Å². The lowest BCUT2D eigenvalue weighted by Gasteiger charge is -2.32. The van der Waals surface area contributed by atoms with Crippen molar-refractivity contribution in [2.45, 2.75) is 38.8 Å². The number of amides is 1. The number of piperidine rings is 1. The van der Waals surface area contributed by atoms with Gasteiger partial charge in [-0.2, -0.15) is 0 Å². The third-order valence-corrected chi connectivity index (χ3v) is 6.01. The highest BCUT2D eigenvalue weighted by atomic mass is 19.1. The Morgan fingerprint density at radius 3 is 2.47 bits per heavy atom. The van der Waals surface area contributed by atoms with Crippen molar-refractivity contribution >= 4 is 5.91 Å². The van der Waals surface area contributed by atoms with E-state index < -0.39 is 0 Å². The number of hydrogen-bond donors (Lipinski definition) is 1. The van der Waals surface area contributed by atoms with Crippen LogP contribution >= 0.6 is 0 Å². The zero-order chi connectivity index (χ0) is 22.9. The maximum absolute atomic E-state index is 14.3. The lowest BCUT2D eigenvalue weighted by atomic mass is 9.93. The summed E-state index contributed by atoms with van der Waals surface area (Å²) in [6.07, 6.45) is 3.47. The molecular weight excluding hydrogens is 411 g/mol. The molecule has 1 heterocycles. The minimum absolute atomic E-state index is 0.0289. The average Bonchev–Trinajstić information content (AvgIpc) is 2.82. The number of halogens is 1. The largest absolute Gasteiger partial charge is 0.497 e. The van der Waals surface area contributed by atoms with Crippen molar-refractivity contribution in [2.24, 2.45) is 5.92 Å². The first-order valence-corrected chi connectivity index (χ1v) is 11.0. The van der Waals surface area contributed by atoms with E-state index in [0.29, 0.717) is 48.2 Å². The molecule has 1 saturated heterocycles. The maximum Gasteiger partial charge on any atom is 0.220 e. The first-order chi connectivity index (χ1) is 15.5. The van der Waals surface area contributed by atoms with E-state index in [2.05, 4.69) is 10.2 Å². The van der Waals surface area contributed by atoms with E-state index in [1.165, 1.54) is 13.2 Å². The van der Waals surface area contributed by atoms with Crippen LogP contribution in [0.5, 0.6) is 17.2 Å². The molecule has 1 fully saturated rings. The molecule has 174 valence electrons. The van der Waals surface area contributed by atoms with E-state index >= 15 is 0 Å². The first-order valence-electron chi connectivity index (χ1n) is 11.0. The van der Waals surface area contributed by atoms with E-state index in [1.54, 1.807) is 26.4 Å². The zero-order valence-corrected chi connectivity index (χ0v) is 19.2. The summed E-state index contributed by atoms with van der Waals surface area (Å²) in [6, 6.07) is 10.6. The lowest BCUT2D eigenvalue weighted by Crippen LogP contribution is -2.35. The van der Waals surface area contributed by atoms with Gasteiger partial charge in [0.1, 0.15) is 23.1 Å². The molecule has 7 heteroatoms. The first kappa shape index (κ1) is 23.9. The number of benzene rings is 2. The number of carbonyl (C=O) groups excluding carboxylic acids is 1. The molecule has 1 unspecified atom stereocenters. The molecule has 32 heavy (non-hydrogen) atoms. The van der Waals surface area contributed by atoms with Crippen LogP contribution in [0, 0.1) is 11.7 Å². The number of likely N-dealkylation sites (tertiary alicyclic amines) is 1. The fourth-order valence-electron chi connectivity index (χ4n) is 4.17. The molecule has 1 aliphatic heterocycles. The van der Waals surface area contributed by atoms with E-state index in [4.69, 9.17) is 14.2 Å². The third kappa shape index (κ3) is 6.60. The van der Waals surface area contributed by atoms with Gasteiger partial charge >= 0.3 is 0 Å². The van der Waals surface area contributed by atoms with Gasteiger partial charge in [-0.25, -0.2) is 4.39 Å². The van der Waals surface area contributed by atoms with Crippen molar-refractivity contribution in [3.05, 3.63) is 53.3 Å². The molecular formula is C25H33FN2O4. The Morgan fingerprint density at radius 2 is 1.78 bits per heavy atom. The van der Waals surface area contributed by atoms with Crippen LogP contribution in [-0.4, -0.2) is 45.2 Å². The van der Waals surface area contributed by atoms with E-state index in [9.17, 15) is 9.18 Å². The summed E-state index contributed by atoms with van der Waals surface area (Å²) in [6.45, 7) is 2.83. The van der Waals surface area contributed by atoms with Gasteiger partial charge < -0.3 is 19.5 Å². The zero-order valence-electron chi connectivity index (χ0n) is 19.2. The molecule has 0 aliphatic carbocycles. The van der Waals surface area contributed by atoms with E-state index in [0.717, 1.165) is 37.9 Å².